The molecule has 0 aliphatic rings. The Kier molecular flexibility index (Phi) is 4.22. The minimum absolute atomic E-state index is 0.394. The Morgan fingerprint density at radius 3 is 2.44 bits per heavy atom. The summed E-state index contributed by atoms with van der Waals surface area (Å²) >= 11 is 14.4. The van der Waals surface area contributed by atoms with Gasteiger partial charge in [-0.25, -0.2) is 0 Å². The van der Waals surface area contributed by atoms with Crippen LogP contribution in [0.15, 0.2) is 46.9 Å². The molecule has 2 rings (SSSR count). The molecule has 5 heteroatoms. The number of rotatable bonds is 3. The lowest BCUT2D eigenvalue weighted by molar-refractivity contribution is 1.51. The predicted molar refractivity (Wildman–Crippen MR) is 84.8 cm³/mol. The monoisotopic (exact) mass is 340 g/mol. The molecular weight excluding hydrogens is 332 g/mol. The van der Waals surface area contributed by atoms with Gasteiger partial charge in [-0.2, -0.15) is 0 Å². The van der Waals surface area contributed by atoms with E-state index in [4.69, 9.17) is 29.6 Å². The maximum absolute atomic E-state index is 6.03. The van der Waals surface area contributed by atoms with E-state index in [-0.39, 0.29) is 0 Å². The summed E-state index contributed by atoms with van der Waals surface area (Å²) in [5.74, 6) is 0. The van der Waals surface area contributed by atoms with Crippen molar-refractivity contribution in [3.8, 4) is 0 Å². The van der Waals surface area contributed by atoms with Crippen LogP contribution in [0.2, 0.25) is 5.02 Å². The van der Waals surface area contributed by atoms with E-state index in [9.17, 15) is 0 Å². The van der Waals surface area contributed by atoms with Crippen LogP contribution in [-0.4, -0.2) is 4.99 Å². The summed E-state index contributed by atoms with van der Waals surface area (Å²) in [7, 11) is 0. The zero-order valence-corrected chi connectivity index (χ0v) is 12.4. The van der Waals surface area contributed by atoms with Gasteiger partial charge in [0.15, 0.2) is 0 Å². The molecule has 0 aromatic heterocycles. The molecule has 2 nitrogen and oxygen atoms in total. The predicted octanol–water partition coefficient (Wildman–Crippen LogP) is 4.48. The Balaban J connectivity index is 2.24. The molecule has 0 saturated heterocycles. The van der Waals surface area contributed by atoms with E-state index in [0.717, 1.165) is 21.4 Å². The van der Waals surface area contributed by atoms with Crippen LogP contribution in [0.3, 0.4) is 0 Å². The summed E-state index contributed by atoms with van der Waals surface area (Å²) < 4.78 is 0.838. The summed E-state index contributed by atoms with van der Waals surface area (Å²) in [5.41, 5.74) is 8.24. The normalized spacial score (nSPS) is 10.1. The van der Waals surface area contributed by atoms with Crippen molar-refractivity contribution < 1.29 is 0 Å². The summed E-state index contributed by atoms with van der Waals surface area (Å²) in [6.45, 7) is 0. The van der Waals surface area contributed by atoms with Gasteiger partial charge in [-0.3, -0.25) is 0 Å². The van der Waals surface area contributed by atoms with Gasteiger partial charge in [0.25, 0.3) is 0 Å². The van der Waals surface area contributed by atoms with Crippen molar-refractivity contribution in [2.24, 2.45) is 5.73 Å². The second-order valence-electron chi connectivity index (χ2n) is 3.67. The molecule has 0 atom stereocenters. The SMILES string of the molecule is NC(=S)c1ccc(Nc2cccc(Cl)c2Br)cc1. The molecule has 92 valence electrons. The maximum atomic E-state index is 6.03. The van der Waals surface area contributed by atoms with E-state index >= 15 is 0 Å². The average Bonchev–Trinajstić information content (AvgIpc) is 2.36. The molecule has 18 heavy (non-hydrogen) atoms. The lowest BCUT2D eigenvalue weighted by Gasteiger charge is -2.10. The summed E-state index contributed by atoms with van der Waals surface area (Å²) in [6.07, 6.45) is 0. The minimum Gasteiger partial charge on any atom is -0.389 e. The molecule has 2 aromatic rings. The van der Waals surface area contributed by atoms with Gasteiger partial charge in [0.1, 0.15) is 4.99 Å². The largest absolute Gasteiger partial charge is 0.389 e. The number of nitrogens with one attached hydrogen (secondary N) is 1. The third kappa shape index (κ3) is 3.02. The molecule has 0 aliphatic carbocycles. The number of hydrogen-bond donors (Lipinski definition) is 2. The Morgan fingerprint density at radius 2 is 1.83 bits per heavy atom. The van der Waals surface area contributed by atoms with Crippen LogP contribution < -0.4 is 11.1 Å². The summed E-state index contributed by atoms with van der Waals surface area (Å²) in [4.78, 5) is 0.394. The van der Waals surface area contributed by atoms with Crippen LogP contribution >= 0.6 is 39.7 Å². The van der Waals surface area contributed by atoms with Crippen molar-refractivity contribution in [3.63, 3.8) is 0 Å². The topological polar surface area (TPSA) is 38.0 Å². The Bertz CT molecular complexity index is 584. The first kappa shape index (κ1) is 13.3. The van der Waals surface area contributed by atoms with Gasteiger partial charge in [0.05, 0.1) is 15.2 Å². The molecular formula is C13H10BrClN2S. The summed E-state index contributed by atoms with van der Waals surface area (Å²) in [5, 5.41) is 3.93. The van der Waals surface area contributed by atoms with E-state index in [2.05, 4.69) is 21.2 Å². The number of benzene rings is 2. The molecule has 0 bridgehead atoms. The first-order valence-electron chi connectivity index (χ1n) is 5.19. The molecule has 3 N–H and O–H groups in total. The van der Waals surface area contributed by atoms with Gasteiger partial charge < -0.3 is 11.1 Å². The molecule has 0 fully saturated rings. The zero-order chi connectivity index (χ0) is 13.1. The highest BCUT2D eigenvalue weighted by Gasteiger charge is 2.04. The fourth-order valence-electron chi connectivity index (χ4n) is 1.47. The Morgan fingerprint density at radius 1 is 1.17 bits per heavy atom. The smallest absolute Gasteiger partial charge is 0.103 e. The number of nitrogens with two attached hydrogens (primary N) is 1. The van der Waals surface area contributed by atoms with E-state index < -0.39 is 0 Å². The van der Waals surface area contributed by atoms with E-state index in [1.807, 2.05) is 42.5 Å². The standard InChI is InChI=1S/C13H10BrClN2S/c14-12-10(15)2-1-3-11(12)17-9-6-4-8(5-7-9)13(16)18/h1-7,17H,(H2,16,18). The van der Waals surface area contributed by atoms with Crippen molar-refractivity contribution in [2.45, 2.75) is 0 Å². The third-order valence-corrected chi connectivity index (χ3v) is 4.03. The molecule has 0 radical (unpaired) electrons. The second-order valence-corrected chi connectivity index (χ2v) is 5.31. The van der Waals surface area contributed by atoms with Crippen LogP contribution in [0.1, 0.15) is 5.56 Å². The third-order valence-electron chi connectivity index (χ3n) is 2.40. The van der Waals surface area contributed by atoms with Gasteiger partial charge in [-0.05, 0) is 52.3 Å². The van der Waals surface area contributed by atoms with Crippen molar-refractivity contribution in [1.82, 2.24) is 0 Å². The Labute approximate surface area is 124 Å². The number of thiocarbonyl (C=S) groups is 1. The minimum atomic E-state index is 0.394. The summed E-state index contributed by atoms with van der Waals surface area (Å²) in [6, 6.07) is 13.2. The highest BCUT2D eigenvalue weighted by molar-refractivity contribution is 9.10. The quantitative estimate of drug-likeness (QED) is 0.808. The molecule has 0 heterocycles. The number of anilines is 2. The first-order chi connectivity index (χ1) is 8.58. The van der Waals surface area contributed by atoms with Crippen LogP contribution in [0.4, 0.5) is 11.4 Å². The molecule has 0 spiro atoms. The van der Waals surface area contributed by atoms with Gasteiger partial charge >= 0.3 is 0 Å². The van der Waals surface area contributed by atoms with E-state index in [1.165, 1.54) is 0 Å². The van der Waals surface area contributed by atoms with Gasteiger partial charge in [-0.15, -0.1) is 0 Å². The van der Waals surface area contributed by atoms with Crippen LogP contribution in [0.25, 0.3) is 0 Å². The molecule has 0 saturated carbocycles. The van der Waals surface area contributed by atoms with Crippen molar-refractivity contribution in [3.05, 3.63) is 57.5 Å². The molecule has 0 amide bonds. The first-order valence-corrected chi connectivity index (χ1v) is 6.77. The van der Waals surface area contributed by atoms with E-state index in [1.54, 1.807) is 0 Å². The maximum Gasteiger partial charge on any atom is 0.103 e. The van der Waals surface area contributed by atoms with Gasteiger partial charge in [-0.1, -0.05) is 29.9 Å². The molecule has 2 aromatic carbocycles. The Hall–Kier alpha value is -1.10. The van der Waals surface area contributed by atoms with Crippen molar-refractivity contribution >= 4 is 56.1 Å². The number of hydrogen-bond acceptors (Lipinski definition) is 2. The second kappa shape index (κ2) is 5.69. The lowest BCUT2D eigenvalue weighted by Crippen LogP contribution is -2.08. The average molecular weight is 342 g/mol. The zero-order valence-electron chi connectivity index (χ0n) is 9.28. The van der Waals surface area contributed by atoms with Crippen molar-refractivity contribution in [2.75, 3.05) is 5.32 Å². The number of halogens is 2. The fourth-order valence-corrected chi connectivity index (χ4v) is 2.15. The lowest BCUT2D eigenvalue weighted by atomic mass is 10.2. The van der Waals surface area contributed by atoms with Gasteiger partial charge in [0, 0.05) is 11.3 Å². The van der Waals surface area contributed by atoms with Crippen molar-refractivity contribution in [1.29, 1.82) is 0 Å². The van der Waals surface area contributed by atoms with Crippen LogP contribution in [0, 0.1) is 0 Å². The highest BCUT2D eigenvalue weighted by atomic mass is 79.9. The molecule has 0 aliphatic heterocycles. The van der Waals surface area contributed by atoms with E-state index in [0.29, 0.717) is 10.0 Å². The van der Waals surface area contributed by atoms with Gasteiger partial charge in [0.2, 0.25) is 0 Å². The van der Waals surface area contributed by atoms with Crippen LogP contribution in [0.5, 0.6) is 0 Å². The van der Waals surface area contributed by atoms with Crippen LogP contribution in [-0.2, 0) is 0 Å². The highest BCUT2D eigenvalue weighted by Crippen LogP contribution is 2.32. The molecule has 0 unspecified atom stereocenters. The fraction of sp³-hybridized carbons (Fsp3) is 0.